The average Bonchev–Trinajstić information content (AvgIpc) is 2.73. The Bertz CT molecular complexity index is 118. The van der Waals surface area contributed by atoms with Crippen molar-refractivity contribution in [2.75, 3.05) is 26.2 Å². The van der Waals surface area contributed by atoms with Crippen molar-refractivity contribution in [3.05, 3.63) is 0 Å². The molecule has 2 unspecified atom stereocenters. The first-order valence-electron chi connectivity index (χ1n) is 3.63. The van der Waals surface area contributed by atoms with Crippen molar-refractivity contribution in [1.29, 1.82) is 0 Å². The monoisotopic (exact) mass is 144 g/mol. The van der Waals surface area contributed by atoms with Gasteiger partial charge in [0.05, 0.1) is 0 Å². The summed E-state index contributed by atoms with van der Waals surface area (Å²) in [6, 6.07) is 0. The van der Waals surface area contributed by atoms with Gasteiger partial charge in [0.15, 0.2) is 0 Å². The largest absolute Gasteiger partial charge is 0.374 e. The summed E-state index contributed by atoms with van der Waals surface area (Å²) >= 11 is 0. The minimum absolute atomic E-state index is 0.650. The van der Waals surface area contributed by atoms with Crippen LogP contribution in [0.3, 0.4) is 0 Å². The van der Waals surface area contributed by atoms with E-state index in [-0.39, 0.29) is 0 Å². The standard InChI is InChI=1S/C6H12N2O2/c9-5(7-1-2-7)6(10)8-3-4-8/h5-6,9-10H,1-4H2. The second-order valence-corrected chi connectivity index (χ2v) is 2.90. The summed E-state index contributed by atoms with van der Waals surface area (Å²) in [4.78, 5) is 3.67. The molecule has 0 radical (unpaired) electrons. The van der Waals surface area contributed by atoms with E-state index in [0.717, 1.165) is 26.2 Å². The van der Waals surface area contributed by atoms with Crippen LogP contribution in [0, 0.1) is 0 Å². The van der Waals surface area contributed by atoms with Gasteiger partial charge in [0.2, 0.25) is 0 Å². The van der Waals surface area contributed by atoms with E-state index in [2.05, 4.69) is 0 Å². The molecule has 0 aromatic heterocycles. The van der Waals surface area contributed by atoms with Gasteiger partial charge in [0, 0.05) is 26.2 Å². The molecule has 58 valence electrons. The predicted molar refractivity (Wildman–Crippen MR) is 35.2 cm³/mol. The fourth-order valence-corrected chi connectivity index (χ4v) is 1.02. The fraction of sp³-hybridized carbons (Fsp3) is 1.00. The summed E-state index contributed by atoms with van der Waals surface area (Å²) in [6.45, 7) is 3.69. The van der Waals surface area contributed by atoms with Gasteiger partial charge >= 0.3 is 0 Å². The topological polar surface area (TPSA) is 46.5 Å². The molecule has 10 heavy (non-hydrogen) atoms. The van der Waals surface area contributed by atoms with E-state index in [0.29, 0.717) is 0 Å². The Morgan fingerprint density at radius 1 is 0.800 bits per heavy atom. The van der Waals surface area contributed by atoms with Crippen molar-refractivity contribution in [2.24, 2.45) is 0 Å². The number of hydrogen-bond acceptors (Lipinski definition) is 4. The highest BCUT2D eigenvalue weighted by Gasteiger charge is 2.37. The van der Waals surface area contributed by atoms with Crippen LogP contribution in [0.15, 0.2) is 0 Å². The molecule has 0 aromatic carbocycles. The molecule has 0 amide bonds. The molecule has 2 aliphatic heterocycles. The van der Waals surface area contributed by atoms with Crippen LogP contribution in [0.1, 0.15) is 0 Å². The van der Waals surface area contributed by atoms with E-state index < -0.39 is 12.5 Å². The lowest BCUT2D eigenvalue weighted by Gasteiger charge is -2.18. The maximum atomic E-state index is 9.30. The number of rotatable bonds is 3. The molecule has 2 heterocycles. The van der Waals surface area contributed by atoms with Gasteiger partial charge in [-0.05, 0) is 0 Å². The van der Waals surface area contributed by atoms with Crippen molar-refractivity contribution in [3.63, 3.8) is 0 Å². The molecule has 2 rings (SSSR count). The average molecular weight is 144 g/mol. The molecular weight excluding hydrogens is 132 g/mol. The summed E-state index contributed by atoms with van der Waals surface area (Å²) in [5, 5.41) is 18.6. The summed E-state index contributed by atoms with van der Waals surface area (Å²) in [5.41, 5.74) is 0. The van der Waals surface area contributed by atoms with Crippen LogP contribution in [0.4, 0.5) is 0 Å². The van der Waals surface area contributed by atoms with E-state index in [1.54, 1.807) is 0 Å². The van der Waals surface area contributed by atoms with E-state index >= 15 is 0 Å². The summed E-state index contributed by atoms with van der Waals surface area (Å²) in [6.07, 6.45) is -1.30. The molecule has 2 fully saturated rings. The Kier molecular flexibility index (Phi) is 1.42. The Hall–Kier alpha value is -0.160. The number of aliphatic hydroxyl groups excluding tert-OH is 2. The normalized spacial score (nSPS) is 31.8. The van der Waals surface area contributed by atoms with E-state index in [4.69, 9.17) is 0 Å². The second-order valence-electron chi connectivity index (χ2n) is 2.90. The molecule has 2 aliphatic rings. The van der Waals surface area contributed by atoms with Crippen LogP contribution in [0.25, 0.3) is 0 Å². The van der Waals surface area contributed by atoms with Gasteiger partial charge in [-0.1, -0.05) is 0 Å². The minimum Gasteiger partial charge on any atom is -0.374 e. The molecule has 2 atom stereocenters. The first kappa shape index (κ1) is 6.54. The van der Waals surface area contributed by atoms with Crippen LogP contribution in [-0.4, -0.2) is 58.6 Å². The van der Waals surface area contributed by atoms with Crippen LogP contribution >= 0.6 is 0 Å². The van der Waals surface area contributed by atoms with E-state index in [1.807, 2.05) is 9.80 Å². The zero-order valence-corrected chi connectivity index (χ0v) is 5.77. The maximum absolute atomic E-state index is 9.30. The molecule has 0 saturated carbocycles. The summed E-state index contributed by atoms with van der Waals surface area (Å²) < 4.78 is 0. The van der Waals surface area contributed by atoms with Gasteiger partial charge in [-0.15, -0.1) is 0 Å². The molecule has 4 heteroatoms. The Labute approximate surface area is 59.7 Å². The molecule has 4 nitrogen and oxygen atoms in total. The lowest BCUT2D eigenvalue weighted by atomic mass is 10.5. The van der Waals surface area contributed by atoms with Gasteiger partial charge in [0.25, 0.3) is 0 Å². The third-order valence-electron chi connectivity index (χ3n) is 1.98. The molecule has 2 N–H and O–H groups in total. The van der Waals surface area contributed by atoms with Crippen molar-refractivity contribution in [1.82, 2.24) is 9.80 Å². The first-order valence-corrected chi connectivity index (χ1v) is 3.63. The first-order chi connectivity index (χ1) is 4.79. The van der Waals surface area contributed by atoms with Crippen LogP contribution in [0.5, 0.6) is 0 Å². The van der Waals surface area contributed by atoms with Crippen LogP contribution < -0.4 is 0 Å². The van der Waals surface area contributed by atoms with Gasteiger partial charge in [-0.25, -0.2) is 0 Å². The number of nitrogens with zero attached hydrogens (tertiary/aromatic N) is 2. The zero-order chi connectivity index (χ0) is 7.14. The lowest BCUT2D eigenvalue weighted by Crippen LogP contribution is -2.38. The Morgan fingerprint density at radius 2 is 1.10 bits per heavy atom. The minimum atomic E-state index is -0.650. The van der Waals surface area contributed by atoms with Crippen molar-refractivity contribution < 1.29 is 10.2 Å². The molecule has 2 saturated heterocycles. The van der Waals surface area contributed by atoms with Crippen molar-refractivity contribution >= 4 is 0 Å². The smallest absolute Gasteiger partial charge is 0.147 e. The Balaban J connectivity index is 1.83. The molecule has 0 aromatic rings. The number of aliphatic hydroxyl groups is 2. The zero-order valence-electron chi connectivity index (χ0n) is 5.77. The highest BCUT2D eigenvalue weighted by molar-refractivity contribution is 4.85. The quantitative estimate of drug-likeness (QED) is 0.461. The highest BCUT2D eigenvalue weighted by atomic mass is 16.4. The SMILES string of the molecule is OC(C(O)N1CC1)N1CC1. The van der Waals surface area contributed by atoms with Gasteiger partial charge in [-0.3, -0.25) is 9.80 Å². The third kappa shape index (κ3) is 1.15. The second kappa shape index (κ2) is 2.17. The van der Waals surface area contributed by atoms with Crippen LogP contribution in [-0.2, 0) is 0 Å². The number of hydrogen-bond donors (Lipinski definition) is 2. The van der Waals surface area contributed by atoms with E-state index in [9.17, 15) is 10.2 Å². The van der Waals surface area contributed by atoms with Crippen molar-refractivity contribution in [2.45, 2.75) is 12.5 Å². The lowest BCUT2D eigenvalue weighted by molar-refractivity contribution is -0.0832. The summed E-state index contributed by atoms with van der Waals surface area (Å²) in [5.74, 6) is 0. The third-order valence-corrected chi connectivity index (χ3v) is 1.98. The van der Waals surface area contributed by atoms with Gasteiger partial charge in [0.1, 0.15) is 12.5 Å². The van der Waals surface area contributed by atoms with Crippen molar-refractivity contribution in [3.8, 4) is 0 Å². The maximum Gasteiger partial charge on any atom is 0.147 e. The molecule has 0 bridgehead atoms. The summed E-state index contributed by atoms with van der Waals surface area (Å²) in [7, 11) is 0. The van der Waals surface area contributed by atoms with Gasteiger partial charge in [-0.2, -0.15) is 0 Å². The predicted octanol–water partition coefficient (Wildman–Crippen LogP) is -1.75. The van der Waals surface area contributed by atoms with Crippen LogP contribution in [0.2, 0.25) is 0 Å². The fourth-order valence-electron chi connectivity index (χ4n) is 1.02. The van der Waals surface area contributed by atoms with Gasteiger partial charge < -0.3 is 10.2 Å². The highest BCUT2D eigenvalue weighted by Crippen LogP contribution is 2.18. The Morgan fingerprint density at radius 3 is 1.30 bits per heavy atom. The molecular formula is C6H12N2O2. The van der Waals surface area contributed by atoms with E-state index in [1.165, 1.54) is 0 Å². The molecule has 0 aliphatic carbocycles. The molecule has 0 spiro atoms.